The van der Waals surface area contributed by atoms with Crippen molar-refractivity contribution < 1.29 is 14.8 Å². The molecule has 0 aliphatic heterocycles. The third kappa shape index (κ3) is 4.67. The van der Waals surface area contributed by atoms with Crippen molar-refractivity contribution in [2.45, 2.75) is 12.5 Å². The molecule has 2 N–H and O–H groups in total. The minimum absolute atomic E-state index is 0.0787. The fourth-order valence-corrected chi connectivity index (χ4v) is 1.96. The second-order valence-corrected chi connectivity index (χ2v) is 5.23. The number of methoxy groups -OCH3 is 1. The highest BCUT2D eigenvalue weighted by molar-refractivity contribution is 5.64. The first-order valence-electron chi connectivity index (χ1n) is 6.18. The lowest BCUT2D eigenvalue weighted by Crippen LogP contribution is -2.43. The van der Waals surface area contributed by atoms with E-state index in [2.05, 4.69) is 5.32 Å². The molecule has 7 heteroatoms. The van der Waals surface area contributed by atoms with Gasteiger partial charge in [0.25, 0.3) is 5.69 Å². The van der Waals surface area contributed by atoms with E-state index in [0.29, 0.717) is 18.0 Å². The van der Waals surface area contributed by atoms with E-state index < -0.39 is 10.5 Å². The van der Waals surface area contributed by atoms with E-state index in [1.165, 1.54) is 13.2 Å². The van der Waals surface area contributed by atoms with Crippen LogP contribution in [0.5, 0.6) is 5.75 Å². The van der Waals surface area contributed by atoms with Crippen molar-refractivity contribution in [1.29, 1.82) is 0 Å². The summed E-state index contributed by atoms with van der Waals surface area (Å²) in [5.41, 5.74) is -0.711. The molecule has 1 aromatic rings. The van der Waals surface area contributed by atoms with Crippen LogP contribution < -0.4 is 10.1 Å². The normalized spacial score (nSPS) is 13.9. The van der Waals surface area contributed by atoms with Crippen LogP contribution in [0.25, 0.3) is 0 Å². The lowest BCUT2D eigenvalue weighted by molar-refractivity contribution is -0.384. The quantitative estimate of drug-likeness (QED) is 0.580. The Bertz CT molecular complexity index is 475. The standard InChI is InChI=1S/C13H21N3O4/c1-13(17,9-15(2)3)8-14-11-6-5-10(20-4)7-12(11)16(18)19/h5-7,14,17H,8-9H2,1-4H3. The molecular weight excluding hydrogens is 262 g/mol. The van der Waals surface area contributed by atoms with Gasteiger partial charge in [-0.2, -0.15) is 0 Å². The molecular formula is C13H21N3O4. The van der Waals surface area contributed by atoms with E-state index in [1.54, 1.807) is 19.1 Å². The van der Waals surface area contributed by atoms with Crippen LogP contribution >= 0.6 is 0 Å². The van der Waals surface area contributed by atoms with Crippen molar-refractivity contribution in [3.05, 3.63) is 28.3 Å². The highest BCUT2D eigenvalue weighted by Crippen LogP contribution is 2.29. The highest BCUT2D eigenvalue weighted by atomic mass is 16.6. The fourth-order valence-electron chi connectivity index (χ4n) is 1.96. The van der Waals surface area contributed by atoms with Crippen molar-refractivity contribution in [2.75, 3.05) is 39.6 Å². The Morgan fingerprint density at radius 2 is 2.15 bits per heavy atom. The molecule has 20 heavy (non-hydrogen) atoms. The first-order chi connectivity index (χ1) is 9.25. The van der Waals surface area contributed by atoms with Gasteiger partial charge in [-0.25, -0.2) is 0 Å². The Hall–Kier alpha value is -1.86. The molecule has 0 saturated heterocycles. The monoisotopic (exact) mass is 283 g/mol. The maximum Gasteiger partial charge on any atom is 0.296 e. The molecule has 0 bridgehead atoms. The summed E-state index contributed by atoms with van der Waals surface area (Å²) in [6.07, 6.45) is 0. The maximum absolute atomic E-state index is 11.0. The highest BCUT2D eigenvalue weighted by Gasteiger charge is 2.23. The second-order valence-electron chi connectivity index (χ2n) is 5.23. The number of anilines is 1. The molecule has 1 rings (SSSR count). The molecule has 0 aliphatic carbocycles. The van der Waals surface area contributed by atoms with E-state index in [9.17, 15) is 15.2 Å². The van der Waals surface area contributed by atoms with E-state index in [0.717, 1.165) is 0 Å². The van der Waals surface area contributed by atoms with Crippen LogP contribution in [0.2, 0.25) is 0 Å². The lowest BCUT2D eigenvalue weighted by atomic mass is 10.1. The number of nitrogens with zero attached hydrogens (tertiary/aromatic N) is 2. The zero-order valence-electron chi connectivity index (χ0n) is 12.2. The third-order valence-corrected chi connectivity index (χ3v) is 2.72. The summed E-state index contributed by atoms with van der Waals surface area (Å²) < 4.78 is 4.97. The molecule has 0 radical (unpaired) electrons. The number of ether oxygens (including phenoxy) is 1. The summed E-state index contributed by atoms with van der Waals surface area (Å²) in [6, 6.07) is 4.56. The molecule has 0 amide bonds. The minimum atomic E-state index is -0.989. The summed E-state index contributed by atoms with van der Waals surface area (Å²) >= 11 is 0. The van der Waals surface area contributed by atoms with E-state index in [-0.39, 0.29) is 12.2 Å². The zero-order valence-corrected chi connectivity index (χ0v) is 12.2. The number of likely N-dealkylation sites (N-methyl/N-ethyl adjacent to an activating group) is 1. The Labute approximate surface area is 118 Å². The lowest BCUT2D eigenvalue weighted by Gasteiger charge is -2.27. The van der Waals surface area contributed by atoms with Crippen LogP contribution in [0.15, 0.2) is 18.2 Å². The smallest absolute Gasteiger partial charge is 0.296 e. The number of rotatable bonds is 7. The van der Waals surface area contributed by atoms with Gasteiger partial charge in [-0.05, 0) is 33.2 Å². The first-order valence-corrected chi connectivity index (χ1v) is 6.18. The summed E-state index contributed by atoms with van der Waals surface area (Å²) in [7, 11) is 5.16. The Kier molecular flexibility index (Phi) is 5.29. The van der Waals surface area contributed by atoms with E-state index >= 15 is 0 Å². The predicted molar refractivity (Wildman–Crippen MR) is 77.3 cm³/mol. The molecule has 0 fully saturated rings. The van der Waals surface area contributed by atoms with Gasteiger partial charge in [0.1, 0.15) is 11.4 Å². The van der Waals surface area contributed by atoms with Gasteiger partial charge in [0.05, 0.1) is 23.7 Å². The summed E-state index contributed by atoms with van der Waals surface area (Å²) in [5, 5.41) is 24.1. The molecule has 1 atom stereocenters. The van der Waals surface area contributed by atoms with Crippen molar-refractivity contribution >= 4 is 11.4 Å². The third-order valence-electron chi connectivity index (χ3n) is 2.72. The average Bonchev–Trinajstić information content (AvgIpc) is 2.34. The second kappa shape index (κ2) is 6.53. The van der Waals surface area contributed by atoms with Crippen molar-refractivity contribution in [3.63, 3.8) is 0 Å². The van der Waals surface area contributed by atoms with E-state index in [1.807, 2.05) is 19.0 Å². The van der Waals surface area contributed by atoms with Crippen molar-refractivity contribution in [3.8, 4) is 5.75 Å². The van der Waals surface area contributed by atoms with Gasteiger partial charge in [0.2, 0.25) is 0 Å². The zero-order chi connectivity index (χ0) is 15.3. The Morgan fingerprint density at radius 3 is 2.65 bits per heavy atom. The summed E-state index contributed by atoms with van der Waals surface area (Å²) in [4.78, 5) is 12.4. The van der Waals surface area contributed by atoms with Gasteiger partial charge in [-0.3, -0.25) is 10.1 Å². The number of hydrogen-bond acceptors (Lipinski definition) is 6. The molecule has 0 saturated carbocycles. The van der Waals surface area contributed by atoms with Crippen LogP contribution in [0, 0.1) is 10.1 Å². The molecule has 1 unspecified atom stereocenters. The maximum atomic E-state index is 11.0. The van der Waals surface area contributed by atoms with Gasteiger partial charge in [0.15, 0.2) is 0 Å². The van der Waals surface area contributed by atoms with Crippen LogP contribution in [0.3, 0.4) is 0 Å². The summed E-state index contributed by atoms with van der Waals surface area (Å²) in [6.45, 7) is 2.33. The molecule has 112 valence electrons. The van der Waals surface area contributed by atoms with Gasteiger partial charge >= 0.3 is 0 Å². The van der Waals surface area contributed by atoms with E-state index in [4.69, 9.17) is 4.74 Å². The van der Waals surface area contributed by atoms with Gasteiger partial charge in [-0.1, -0.05) is 0 Å². The van der Waals surface area contributed by atoms with Crippen LogP contribution in [0.4, 0.5) is 11.4 Å². The Morgan fingerprint density at radius 1 is 1.50 bits per heavy atom. The van der Waals surface area contributed by atoms with Crippen LogP contribution in [0.1, 0.15) is 6.92 Å². The number of nitro benzene ring substituents is 1. The molecule has 0 spiro atoms. The minimum Gasteiger partial charge on any atom is -0.496 e. The number of nitro groups is 1. The number of nitrogens with one attached hydrogen (secondary N) is 1. The molecule has 0 aliphatic rings. The molecule has 0 aromatic heterocycles. The number of hydrogen-bond donors (Lipinski definition) is 2. The van der Waals surface area contributed by atoms with Crippen molar-refractivity contribution in [2.24, 2.45) is 0 Å². The van der Waals surface area contributed by atoms with Gasteiger partial charge < -0.3 is 20.1 Å². The van der Waals surface area contributed by atoms with Gasteiger partial charge in [-0.15, -0.1) is 0 Å². The number of benzene rings is 1. The van der Waals surface area contributed by atoms with Crippen LogP contribution in [-0.2, 0) is 0 Å². The molecule has 0 heterocycles. The largest absolute Gasteiger partial charge is 0.496 e. The first kappa shape index (κ1) is 16.2. The number of aliphatic hydroxyl groups is 1. The van der Waals surface area contributed by atoms with Gasteiger partial charge in [0, 0.05) is 13.1 Å². The summed E-state index contributed by atoms with van der Waals surface area (Å²) in [5.74, 6) is 0.419. The van der Waals surface area contributed by atoms with Crippen LogP contribution in [-0.4, -0.2) is 54.8 Å². The molecule has 1 aromatic carbocycles. The SMILES string of the molecule is COc1ccc(NCC(C)(O)CN(C)C)c([N+](=O)[O-])c1. The fraction of sp³-hybridized carbons (Fsp3) is 0.538. The predicted octanol–water partition coefficient (Wildman–Crippen LogP) is 1.33. The molecule has 7 nitrogen and oxygen atoms in total. The Balaban J connectivity index is 2.84. The topological polar surface area (TPSA) is 87.9 Å². The van der Waals surface area contributed by atoms with Crippen molar-refractivity contribution in [1.82, 2.24) is 4.90 Å². The average molecular weight is 283 g/mol.